The van der Waals surface area contributed by atoms with Crippen molar-refractivity contribution in [2.75, 3.05) is 0 Å². The molecule has 0 saturated heterocycles. The average molecular weight is 232 g/mol. The van der Waals surface area contributed by atoms with Gasteiger partial charge in [-0.05, 0) is 38.0 Å². The van der Waals surface area contributed by atoms with Crippen LogP contribution in [0.3, 0.4) is 0 Å². The molecule has 2 aliphatic rings. The van der Waals surface area contributed by atoms with E-state index in [1.165, 1.54) is 19.3 Å². The van der Waals surface area contributed by atoms with Gasteiger partial charge in [0.1, 0.15) is 5.78 Å². The highest BCUT2D eigenvalue weighted by molar-refractivity contribution is 5.88. The fraction of sp³-hybridized carbons (Fsp3) is 0.688. The van der Waals surface area contributed by atoms with Gasteiger partial charge in [0.2, 0.25) is 0 Å². The van der Waals surface area contributed by atoms with E-state index < -0.39 is 0 Å². The number of ketones is 1. The van der Waals surface area contributed by atoms with E-state index in [1.54, 1.807) is 0 Å². The van der Waals surface area contributed by atoms with Crippen molar-refractivity contribution in [1.82, 2.24) is 0 Å². The summed E-state index contributed by atoms with van der Waals surface area (Å²) in [7, 11) is 0. The van der Waals surface area contributed by atoms with Crippen molar-refractivity contribution in [3.05, 3.63) is 25.3 Å². The molecular weight excluding hydrogens is 208 g/mol. The third-order valence-corrected chi connectivity index (χ3v) is 4.87. The molecule has 1 nitrogen and oxygen atoms in total. The molecule has 2 fully saturated rings. The van der Waals surface area contributed by atoms with Crippen LogP contribution in [0.15, 0.2) is 25.3 Å². The molecule has 94 valence electrons. The van der Waals surface area contributed by atoms with E-state index in [4.69, 9.17) is 0 Å². The van der Waals surface area contributed by atoms with Gasteiger partial charge in [-0.15, -0.1) is 13.2 Å². The van der Waals surface area contributed by atoms with Crippen LogP contribution in [0.5, 0.6) is 0 Å². The Morgan fingerprint density at radius 1 is 1.18 bits per heavy atom. The Morgan fingerprint density at radius 2 is 1.94 bits per heavy atom. The van der Waals surface area contributed by atoms with Crippen molar-refractivity contribution in [2.45, 2.75) is 51.4 Å². The molecule has 0 aromatic rings. The first-order chi connectivity index (χ1) is 8.24. The van der Waals surface area contributed by atoms with Gasteiger partial charge in [-0.1, -0.05) is 31.4 Å². The van der Waals surface area contributed by atoms with E-state index in [1.807, 2.05) is 12.2 Å². The van der Waals surface area contributed by atoms with Crippen molar-refractivity contribution >= 4 is 5.78 Å². The van der Waals surface area contributed by atoms with Crippen LogP contribution >= 0.6 is 0 Å². The summed E-state index contributed by atoms with van der Waals surface area (Å²) in [6, 6.07) is 0. The summed E-state index contributed by atoms with van der Waals surface area (Å²) in [5.74, 6) is 1.19. The van der Waals surface area contributed by atoms with Crippen LogP contribution in [0.4, 0.5) is 0 Å². The lowest BCUT2D eigenvalue weighted by atomic mass is 9.68. The van der Waals surface area contributed by atoms with Gasteiger partial charge in [0.15, 0.2) is 0 Å². The number of carbonyl (C=O) groups is 1. The maximum Gasteiger partial charge on any atom is 0.142 e. The summed E-state index contributed by atoms with van der Waals surface area (Å²) in [5, 5.41) is 0. The molecular formula is C16H24O. The Kier molecular flexibility index (Phi) is 3.86. The van der Waals surface area contributed by atoms with Gasteiger partial charge in [-0.3, -0.25) is 4.79 Å². The van der Waals surface area contributed by atoms with Crippen LogP contribution in [0.2, 0.25) is 0 Å². The topological polar surface area (TPSA) is 17.1 Å². The van der Waals surface area contributed by atoms with Gasteiger partial charge in [-0.2, -0.15) is 0 Å². The molecule has 2 rings (SSSR count). The molecule has 0 heterocycles. The van der Waals surface area contributed by atoms with Gasteiger partial charge in [0.25, 0.3) is 0 Å². The third-order valence-electron chi connectivity index (χ3n) is 4.87. The third kappa shape index (κ3) is 2.12. The normalized spacial score (nSPS) is 38.0. The fourth-order valence-corrected chi connectivity index (χ4v) is 3.98. The summed E-state index contributed by atoms with van der Waals surface area (Å²) < 4.78 is 0. The zero-order valence-corrected chi connectivity index (χ0v) is 10.8. The van der Waals surface area contributed by atoms with E-state index in [9.17, 15) is 4.79 Å². The predicted octanol–water partition coefficient (Wildman–Crippen LogP) is 4.29. The van der Waals surface area contributed by atoms with Crippen LogP contribution in [0, 0.1) is 17.3 Å². The highest BCUT2D eigenvalue weighted by atomic mass is 16.1. The molecule has 0 unspecified atom stereocenters. The lowest BCUT2D eigenvalue weighted by Crippen LogP contribution is -2.37. The maximum atomic E-state index is 12.8. The van der Waals surface area contributed by atoms with Crippen LogP contribution < -0.4 is 0 Å². The summed E-state index contributed by atoms with van der Waals surface area (Å²) in [6.45, 7) is 7.76. The van der Waals surface area contributed by atoms with Gasteiger partial charge in [-0.25, -0.2) is 0 Å². The van der Waals surface area contributed by atoms with Gasteiger partial charge >= 0.3 is 0 Å². The number of Topliss-reactive ketones (excluding diaryl/α,β-unsaturated/α-hetero) is 1. The van der Waals surface area contributed by atoms with Gasteiger partial charge < -0.3 is 0 Å². The van der Waals surface area contributed by atoms with E-state index >= 15 is 0 Å². The number of carbonyl (C=O) groups excluding carboxylic acids is 1. The number of hydrogen-bond donors (Lipinski definition) is 0. The number of hydrogen-bond acceptors (Lipinski definition) is 1. The molecule has 0 aromatic heterocycles. The highest BCUT2D eigenvalue weighted by Crippen LogP contribution is 2.51. The second-order valence-electron chi connectivity index (χ2n) is 5.72. The summed E-state index contributed by atoms with van der Waals surface area (Å²) in [4.78, 5) is 12.8. The fourth-order valence-electron chi connectivity index (χ4n) is 3.98. The minimum Gasteiger partial charge on any atom is -0.299 e. The molecule has 17 heavy (non-hydrogen) atoms. The van der Waals surface area contributed by atoms with Crippen LogP contribution in [0.1, 0.15) is 51.4 Å². The summed E-state index contributed by atoms with van der Waals surface area (Å²) in [5.41, 5.74) is -0.0497. The molecule has 0 N–H and O–H groups in total. The van der Waals surface area contributed by atoms with Crippen molar-refractivity contribution in [1.29, 1.82) is 0 Å². The summed E-state index contributed by atoms with van der Waals surface area (Å²) in [6.07, 6.45) is 12.9. The largest absolute Gasteiger partial charge is 0.299 e. The number of rotatable bonds is 3. The Balaban J connectivity index is 2.27. The predicted molar refractivity (Wildman–Crippen MR) is 71.8 cm³/mol. The Labute approximate surface area is 105 Å². The molecule has 1 heteroatoms. The Morgan fingerprint density at radius 3 is 2.65 bits per heavy atom. The molecule has 2 aliphatic carbocycles. The molecule has 0 aliphatic heterocycles. The second kappa shape index (κ2) is 5.20. The zero-order valence-electron chi connectivity index (χ0n) is 10.8. The first kappa shape index (κ1) is 12.6. The van der Waals surface area contributed by atoms with E-state index in [2.05, 4.69) is 13.2 Å². The quantitative estimate of drug-likeness (QED) is 0.663. The smallest absolute Gasteiger partial charge is 0.142 e. The molecule has 3 atom stereocenters. The molecule has 0 aromatic carbocycles. The number of allylic oxidation sites excluding steroid dienone is 2. The molecule has 1 spiro atoms. The average Bonchev–Trinajstić information content (AvgIpc) is 2.69. The van der Waals surface area contributed by atoms with E-state index in [-0.39, 0.29) is 11.3 Å². The van der Waals surface area contributed by atoms with Crippen molar-refractivity contribution < 1.29 is 4.79 Å². The minimum absolute atomic E-state index is 0.0497. The Hall–Kier alpha value is -0.850. The van der Waals surface area contributed by atoms with E-state index in [0.717, 1.165) is 32.1 Å². The summed E-state index contributed by atoms with van der Waals surface area (Å²) >= 11 is 0. The van der Waals surface area contributed by atoms with Crippen LogP contribution in [-0.4, -0.2) is 5.78 Å². The van der Waals surface area contributed by atoms with Gasteiger partial charge in [0.05, 0.1) is 0 Å². The molecule has 0 radical (unpaired) electrons. The lowest BCUT2D eigenvalue weighted by molar-refractivity contribution is -0.134. The molecule has 0 amide bonds. The monoisotopic (exact) mass is 232 g/mol. The highest BCUT2D eigenvalue weighted by Gasteiger charge is 2.49. The van der Waals surface area contributed by atoms with Crippen LogP contribution in [0.25, 0.3) is 0 Å². The first-order valence-electron chi connectivity index (χ1n) is 7.02. The Bertz CT molecular complexity index is 317. The lowest BCUT2D eigenvalue weighted by Gasteiger charge is -2.33. The van der Waals surface area contributed by atoms with Crippen LogP contribution in [-0.2, 0) is 4.79 Å². The molecule has 2 saturated carbocycles. The first-order valence-corrected chi connectivity index (χ1v) is 7.02. The maximum absolute atomic E-state index is 12.8. The zero-order chi connectivity index (χ0) is 12.3. The SMILES string of the molecule is C=CC[C@H]1CCCC[C@@]2(CCC[C@H]2C=C)C1=O. The standard InChI is InChI=1S/C16H24O/c1-3-8-13-9-5-6-11-16(15(13)17)12-7-10-14(16)4-2/h3-4,13-14H,1-2,5-12H2/t13-,14+,16-/m0/s1. The van der Waals surface area contributed by atoms with Crippen molar-refractivity contribution in [2.24, 2.45) is 17.3 Å². The van der Waals surface area contributed by atoms with Crippen molar-refractivity contribution in [3.63, 3.8) is 0 Å². The van der Waals surface area contributed by atoms with E-state index in [0.29, 0.717) is 11.7 Å². The van der Waals surface area contributed by atoms with Gasteiger partial charge in [0, 0.05) is 11.3 Å². The second-order valence-corrected chi connectivity index (χ2v) is 5.72. The molecule has 0 bridgehead atoms. The van der Waals surface area contributed by atoms with Crippen molar-refractivity contribution in [3.8, 4) is 0 Å². The minimum atomic E-state index is -0.0497.